The van der Waals surface area contributed by atoms with Gasteiger partial charge in [0.25, 0.3) is 5.91 Å². The van der Waals surface area contributed by atoms with Crippen molar-refractivity contribution in [1.82, 2.24) is 5.32 Å². The summed E-state index contributed by atoms with van der Waals surface area (Å²) in [6.07, 6.45) is 1.84. The molecule has 0 spiro atoms. The summed E-state index contributed by atoms with van der Waals surface area (Å²) < 4.78 is 1.70. The van der Waals surface area contributed by atoms with Crippen molar-refractivity contribution in [3.63, 3.8) is 0 Å². The SMILES string of the molecule is O=C1NC(=S)S/C1=C\c1ccc(I)cc1. The lowest BCUT2D eigenvalue weighted by Crippen LogP contribution is -2.17. The number of thioether (sulfide) groups is 1. The highest BCUT2D eigenvalue weighted by Crippen LogP contribution is 2.25. The minimum Gasteiger partial charge on any atom is -0.307 e. The minimum atomic E-state index is -0.108. The van der Waals surface area contributed by atoms with Crippen molar-refractivity contribution >= 4 is 62.9 Å². The Labute approximate surface area is 111 Å². The van der Waals surface area contributed by atoms with Crippen molar-refractivity contribution in [1.29, 1.82) is 0 Å². The molecule has 0 saturated carbocycles. The van der Waals surface area contributed by atoms with Crippen molar-refractivity contribution in [3.8, 4) is 0 Å². The van der Waals surface area contributed by atoms with E-state index in [1.54, 1.807) is 0 Å². The number of carbonyl (C=O) groups is 1. The van der Waals surface area contributed by atoms with Crippen LogP contribution in [0.2, 0.25) is 0 Å². The number of halogens is 1. The van der Waals surface area contributed by atoms with Gasteiger partial charge in [0.2, 0.25) is 0 Å². The Bertz CT molecular complexity index is 453. The molecule has 2 nitrogen and oxygen atoms in total. The molecule has 15 heavy (non-hydrogen) atoms. The zero-order valence-corrected chi connectivity index (χ0v) is 11.3. The molecule has 0 unspecified atom stereocenters. The van der Waals surface area contributed by atoms with E-state index in [4.69, 9.17) is 12.2 Å². The van der Waals surface area contributed by atoms with E-state index in [1.165, 1.54) is 15.3 Å². The van der Waals surface area contributed by atoms with Gasteiger partial charge in [-0.3, -0.25) is 4.79 Å². The number of carbonyl (C=O) groups excluding carboxylic acids is 1. The van der Waals surface area contributed by atoms with Crippen LogP contribution < -0.4 is 5.32 Å². The maximum absolute atomic E-state index is 11.4. The molecule has 5 heteroatoms. The van der Waals surface area contributed by atoms with E-state index in [2.05, 4.69) is 27.9 Å². The number of rotatable bonds is 1. The molecule has 1 aliphatic rings. The normalized spacial score (nSPS) is 18.3. The van der Waals surface area contributed by atoms with Crippen LogP contribution in [0.1, 0.15) is 5.56 Å². The van der Waals surface area contributed by atoms with E-state index in [9.17, 15) is 4.79 Å². The van der Waals surface area contributed by atoms with E-state index in [0.29, 0.717) is 9.23 Å². The third-order valence-corrected chi connectivity index (χ3v) is 3.69. The number of benzene rings is 1. The average molecular weight is 347 g/mol. The van der Waals surface area contributed by atoms with Gasteiger partial charge in [0.1, 0.15) is 4.32 Å². The average Bonchev–Trinajstić information content (AvgIpc) is 2.49. The Hall–Kier alpha value is -0.400. The number of thiocarbonyl (C=S) groups is 1. The maximum Gasteiger partial charge on any atom is 0.263 e. The number of hydrogen-bond donors (Lipinski definition) is 1. The van der Waals surface area contributed by atoms with Crippen molar-refractivity contribution < 1.29 is 4.79 Å². The first-order valence-electron chi connectivity index (χ1n) is 4.15. The van der Waals surface area contributed by atoms with E-state index >= 15 is 0 Å². The molecular weight excluding hydrogens is 341 g/mol. The highest BCUT2D eigenvalue weighted by atomic mass is 127. The first kappa shape index (κ1) is 11.1. The Morgan fingerprint density at radius 1 is 1.33 bits per heavy atom. The molecule has 0 aromatic heterocycles. The number of hydrogen-bond acceptors (Lipinski definition) is 3. The van der Waals surface area contributed by atoms with Crippen molar-refractivity contribution in [3.05, 3.63) is 38.3 Å². The summed E-state index contributed by atoms with van der Waals surface area (Å²) in [5.74, 6) is -0.108. The van der Waals surface area contributed by atoms with Crippen LogP contribution in [-0.4, -0.2) is 10.2 Å². The molecule has 1 saturated heterocycles. The van der Waals surface area contributed by atoms with Crippen LogP contribution in [0.5, 0.6) is 0 Å². The number of nitrogens with one attached hydrogen (secondary N) is 1. The van der Waals surface area contributed by atoms with Crippen LogP contribution >= 0.6 is 46.6 Å². The zero-order valence-electron chi connectivity index (χ0n) is 7.49. The highest BCUT2D eigenvalue weighted by Gasteiger charge is 2.21. The molecule has 1 fully saturated rings. The summed E-state index contributed by atoms with van der Waals surface area (Å²) in [5.41, 5.74) is 1.01. The van der Waals surface area contributed by atoms with Crippen LogP contribution in [0.4, 0.5) is 0 Å². The third kappa shape index (κ3) is 2.79. The van der Waals surface area contributed by atoms with Gasteiger partial charge in [0.15, 0.2) is 0 Å². The molecular formula is C10H6INOS2. The first-order valence-corrected chi connectivity index (χ1v) is 6.46. The maximum atomic E-state index is 11.4. The fraction of sp³-hybridized carbons (Fsp3) is 0. The number of amides is 1. The minimum absolute atomic E-state index is 0.108. The Morgan fingerprint density at radius 2 is 2.00 bits per heavy atom. The van der Waals surface area contributed by atoms with Gasteiger partial charge >= 0.3 is 0 Å². The van der Waals surface area contributed by atoms with Crippen LogP contribution in [-0.2, 0) is 4.79 Å². The predicted octanol–water partition coefficient (Wildman–Crippen LogP) is 2.78. The highest BCUT2D eigenvalue weighted by molar-refractivity contribution is 14.1. The Kier molecular flexibility index (Phi) is 3.42. The standard InChI is InChI=1S/C10H6INOS2/c11-7-3-1-6(2-4-7)5-8-9(13)12-10(14)15-8/h1-5H,(H,12,13,14)/b8-5-. The third-order valence-electron chi connectivity index (χ3n) is 1.81. The van der Waals surface area contributed by atoms with E-state index in [0.717, 1.165) is 5.56 Å². The van der Waals surface area contributed by atoms with Gasteiger partial charge in [-0.15, -0.1) is 0 Å². The van der Waals surface area contributed by atoms with Crippen molar-refractivity contribution in [2.24, 2.45) is 0 Å². The van der Waals surface area contributed by atoms with Gasteiger partial charge in [0, 0.05) is 3.57 Å². The molecule has 1 aliphatic heterocycles. The molecule has 0 bridgehead atoms. The van der Waals surface area contributed by atoms with Gasteiger partial charge in [-0.1, -0.05) is 36.1 Å². The van der Waals surface area contributed by atoms with Crippen molar-refractivity contribution in [2.45, 2.75) is 0 Å². The summed E-state index contributed by atoms with van der Waals surface area (Å²) >= 11 is 8.44. The lowest BCUT2D eigenvalue weighted by molar-refractivity contribution is -0.115. The second-order valence-electron chi connectivity index (χ2n) is 2.90. The Balaban J connectivity index is 2.27. The quantitative estimate of drug-likeness (QED) is 0.481. The monoisotopic (exact) mass is 347 g/mol. The second-order valence-corrected chi connectivity index (χ2v) is 5.87. The van der Waals surface area contributed by atoms with Gasteiger partial charge < -0.3 is 5.32 Å². The summed E-state index contributed by atoms with van der Waals surface area (Å²) in [7, 11) is 0. The first-order chi connectivity index (χ1) is 7.15. The van der Waals surface area contributed by atoms with Gasteiger partial charge in [-0.25, -0.2) is 0 Å². The van der Waals surface area contributed by atoms with Crippen LogP contribution in [0, 0.1) is 3.57 Å². The molecule has 0 aliphatic carbocycles. The van der Waals surface area contributed by atoms with Gasteiger partial charge in [-0.05, 0) is 46.4 Å². The lowest BCUT2D eigenvalue weighted by atomic mass is 10.2. The fourth-order valence-corrected chi connectivity index (χ4v) is 2.54. The fourth-order valence-electron chi connectivity index (χ4n) is 1.13. The second kappa shape index (κ2) is 4.63. The van der Waals surface area contributed by atoms with E-state index in [-0.39, 0.29) is 5.91 Å². The van der Waals surface area contributed by atoms with Crippen LogP contribution in [0.25, 0.3) is 6.08 Å². The van der Waals surface area contributed by atoms with Crippen LogP contribution in [0.3, 0.4) is 0 Å². The van der Waals surface area contributed by atoms with Gasteiger partial charge in [0.05, 0.1) is 4.91 Å². The lowest BCUT2D eigenvalue weighted by Gasteiger charge is -1.95. The predicted molar refractivity (Wildman–Crippen MR) is 75.5 cm³/mol. The molecule has 1 heterocycles. The van der Waals surface area contributed by atoms with Gasteiger partial charge in [-0.2, -0.15) is 0 Å². The summed E-state index contributed by atoms with van der Waals surface area (Å²) in [5, 5.41) is 2.58. The Morgan fingerprint density at radius 3 is 2.53 bits per heavy atom. The van der Waals surface area contributed by atoms with Crippen LogP contribution in [0.15, 0.2) is 29.2 Å². The topological polar surface area (TPSA) is 29.1 Å². The molecule has 2 rings (SSSR count). The molecule has 1 aromatic rings. The van der Waals surface area contributed by atoms with E-state index in [1.807, 2.05) is 30.3 Å². The van der Waals surface area contributed by atoms with E-state index < -0.39 is 0 Å². The summed E-state index contributed by atoms with van der Waals surface area (Å²) in [6, 6.07) is 7.96. The zero-order chi connectivity index (χ0) is 10.8. The molecule has 1 aromatic carbocycles. The molecule has 1 N–H and O–H groups in total. The van der Waals surface area contributed by atoms with Crippen molar-refractivity contribution in [2.75, 3.05) is 0 Å². The summed E-state index contributed by atoms with van der Waals surface area (Å²) in [4.78, 5) is 12.0. The summed E-state index contributed by atoms with van der Waals surface area (Å²) in [6.45, 7) is 0. The molecule has 1 amide bonds. The molecule has 0 radical (unpaired) electrons. The molecule has 0 atom stereocenters. The largest absolute Gasteiger partial charge is 0.307 e. The molecule has 76 valence electrons. The smallest absolute Gasteiger partial charge is 0.263 e.